The zero-order chi connectivity index (χ0) is 24.5. The average Bonchev–Trinajstić information content (AvgIpc) is 3.42. The van der Waals surface area contributed by atoms with Crippen LogP contribution in [0.4, 0.5) is 5.69 Å². The number of nitrogens with zero attached hydrogens (tertiary/aromatic N) is 7. The Morgan fingerprint density at radius 3 is 2.61 bits per heavy atom. The van der Waals surface area contributed by atoms with Gasteiger partial charge in [0.1, 0.15) is 11.4 Å². The van der Waals surface area contributed by atoms with Crippen molar-refractivity contribution in [3.05, 3.63) is 54.9 Å². The Hall–Kier alpha value is -3.46. The number of ether oxygens (including phenoxy) is 1. The standard InChI is InChI=1S/C27H33N7O2/c1-36-26-8-3-2-7-25(26)31-12-14-32(15-13-31)27(35)22-18-33-11-9-20(22)16-21(33)17-34-19-24(29-30-34)23-6-4-5-10-28-23/h2-8,10,19-22H,9,11-18H2,1H3/t20?,21-,22+/m1/s1. The fourth-order valence-electron chi connectivity index (χ4n) is 6.14. The maximum Gasteiger partial charge on any atom is 0.227 e. The minimum absolute atomic E-state index is 0.104. The molecule has 2 bridgehead atoms. The number of rotatable bonds is 6. The Bertz CT molecular complexity index is 1190. The number of fused-ring (bicyclic) bond motifs is 3. The third-order valence-electron chi connectivity index (χ3n) is 8.08. The van der Waals surface area contributed by atoms with Gasteiger partial charge in [-0.25, -0.2) is 0 Å². The Morgan fingerprint density at radius 2 is 1.86 bits per heavy atom. The summed E-state index contributed by atoms with van der Waals surface area (Å²) in [6.45, 7) is 5.90. The number of carbonyl (C=O) groups is 1. The number of methoxy groups -OCH3 is 1. The van der Waals surface area contributed by atoms with Gasteiger partial charge in [0.25, 0.3) is 0 Å². The molecule has 4 aliphatic rings. The summed E-state index contributed by atoms with van der Waals surface area (Å²) in [7, 11) is 1.71. The largest absolute Gasteiger partial charge is 0.495 e. The van der Waals surface area contributed by atoms with E-state index < -0.39 is 0 Å². The zero-order valence-electron chi connectivity index (χ0n) is 20.7. The van der Waals surface area contributed by atoms with E-state index in [1.165, 1.54) is 0 Å². The van der Waals surface area contributed by atoms with E-state index in [1.807, 2.05) is 47.3 Å². The fraction of sp³-hybridized carbons (Fsp3) is 0.481. The van der Waals surface area contributed by atoms with Gasteiger partial charge in [0.2, 0.25) is 5.91 Å². The minimum atomic E-state index is 0.104. The summed E-state index contributed by atoms with van der Waals surface area (Å²) in [5.74, 6) is 1.77. The van der Waals surface area contributed by atoms with Crippen LogP contribution in [0.3, 0.4) is 0 Å². The van der Waals surface area contributed by atoms with Gasteiger partial charge in [0.05, 0.1) is 37.2 Å². The molecule has 4 aliphatic heterocycles. The van der Waals surface area contributed by atoms with Crippen LogP contribution in [0.15, 0.2) is 54.9 Å². The van der Waals surface area contributed by atoms with Gasteiger partial charge in [-0.3, -0.25) is 19.4 Å². The quantitative estimate of drug-likeness (QED) is 0.528. The molecule has 7 rings (SSSR count). The van der Waals surface area contributed by atoms with Crippen LogP contribution in [0.5, 0.6) is 5.75 Å². The lowest BCUT2D eigenvalue weighted by atomic mass is 9.75. The van der Waals surface area contributed by atoms with E-state index in [4.69, 9.17) is 4.74 Å². The van der Waals surface area contributed by atoms with Crippen LogP contribution in [0.25, 0.3) is 11.4 Å². The van der Waals surface area contributed by atoms with Crippen LogP contribution in [-0.2, 0) is 11.3 Å². The number of hydrogen-bond donors (Lipinski definition) is 0. The predicted octanol–water partition coefficient (Wildman–Crippen LogP) is 2.41. The van der Waals surface area contributed by atoms with Crippen molar-refractivity contribution >= 4 is 11.6 Å². The molecular formula is C27H33N7O2. The molecule has 3 aromatic rings. The normalized spacial score (nSPS) is 25.7. The number of para-hydroxylation sites is 2. The number of piperidine rings is 3. The van der Waals surface area contributed by atoms with E-state index in [9.17, 15) is 4.79 Å². The van der Waals surface area contributed by atoms with E-state index in [2.05, 4.69) is 36.1 Å². The van der Waals surface area contributed by atoms with Gasteiger partial charge in [0, 0.05) is 45.0 Å². The number of pyridine rings is 1. The molecule has 36 heavy (non-hydrogen) atoms. The molecule has 0 radical (unpaired) electrons. The van der Waals surface area contributed by atoms with Crippen LogP contribution in [0.1, 0.15) is 12.8 Å². The molecule has 0 aliphatic carbocycles. The fourth-order valence-corrected chi connectivity index (χ4v) is 6.14. The van der Waals surface area contributed by atoms with Crippen LogP contribution in [-0.4, -0.2) is 88.1 Å². The number of carbonyl (C=O) groups excluding carboxylic acids is 1. The SMILES string of the molecule is COc1ccccc1N1CCN(C(=O)[C@H]2CN3CCC2C[C@@H]3Cn2cc(-c3ccccn3)nn2)CC1. The lowest BCUT2D eigenvalue weighted by Gasteiger charge is -2.50. The maximum atomic E-state index is 13.6. The smallest absolute Gasteiger partial charge is 0.227 e. The molecule has 188 valence electrons. The number of amides is 1. The van der Waals surface area contributed by atoms with Crippen molar-refractivity contribution in [1.29, 1.82) is 0 Å². The van der Waals surface area contributed by atoms with Crippen LogP contribution in [0, 0.1) is 11.8 Å². The van der Waals surface area contributed by atoms with Gasteiger partial charge >= 0.3 is 0 Å². The first-order valence-electron chi connectivity index (χ1n) is 12.9. The molecule has 0 spiro atoms. The highest BCUT2D eigenvalue weighted by Gasteiger charge is 2.44. The molecule has 4 saturated heterocycles. The van der Waals surface area contributed by atoms with Gasteiger partial charge in [-0.15, -0.1) is 5.10 Å². The lowest BCUT2D eigenvalue weighted by Crippen LogP contribution is -2.60. The second-order valence-corrected chi connectivity index (χ2v) is 10.1. The first kappa shape index (κ1) is 23.0. The highest BCUT2D eigenvalue weighted by Crippen LogP contribution is 2.38. The highest BCUT2D eigenvalue weighted by molar-refractivity contribution is 5.80. The van der Waals surface area contributed by atoms with E-state index in [0.29, 0.717) is 17.9 Å². The average molecular weight is 488 g/mol. The van der Waals surface area contributed by atoms with Crippen molar-refractivity contribution in [3.8, 4) is 17.1 Å². The molecule has 1 aromatic carbocycles. The molecule has 0 N–H and O–H groups in total. The monoisotopic (exact) mass is 487 g/mol. The molecule has 9 heteroatoms. The number of anilines is 1. The first-order valence-corrected chi connectivity index (χ1v) is 12.9. The van der Waals surface area contributed by atoms with Gasteiger partial charge in [-0.05, 0) is 49.6 Å². The Balaban J connectivity index is 1.05. The summed E-state index contributed by atoms with van der Waals surface area (Å²) in [5, 5.41) is 8.67. The lowest BCUT2D eigenvalue weighted by molar-refractivity contribution is -0.144. The van der Waals surface area contributed by atoms with Crippen molar-refractivity contribution in [2.45, 2.75) is 25.4 Å². The van der Waals surface area contributed by atoms with Crippen LogP contribution >= 0.6 is 0 Å². The van der Waals surface area contributed by atoms with Crippen molar-refractivity contribution in [2.75, 3.05) is 51.3 Å². The Morgan fingerprint density at radius 1 is 1.03 bits per heavy atom. The highest BCUT2D eigenvalue weighted by atomic mass is 16.5. The minimum Gasteiger partial charge on any atom is -0.495 e. The summed E-state index contributed by atoms with van der Waals surface area (Å²) in [6, 6.07) is 14.3. The van der Waals surface area contributed by atoms with Crippen molar-refractivity contribution in [1.82, 2.24) is 29.8 Å². The summed E-state index contributed by atoms with van der Waals surface area (Å²) >= 11 is 0. The van der Waals surface area contributed by atoms with Crippen molar-refractivity contribution in [2.24, 2.45) is 11.8 Å². The maximum absolute atomic E-state index is 13.6. The van der Waals surface area contributed by atoms with Gasteiger partial charge in [0.15, 0.2) is 0 Å². The second-order valence-electron chi connectivity index (χ2n) is 10.1. The van der Waals surface area contributed by atoms with Crippen LogP contribution in [0.2, 0.25) is 0 Å². The Kier molecular flexibility index (Phi) is 6.31. The zero-order valence-corrected chi connectivity index (χ0v) is 20.7. The Labute approximate surface area is 211 Å². The van der Waals surface area contributed by atoms with Crippen molar-refractivity contribution < 1.29 is 9.53 Å². The summed E-state index contributed by atoms with van der Waals surface area (Å²) in [5.41, 5.74) is 2.75. The summed E-state index contributed by atoms with van der Waals surface area (Å²) in [6.07, 6.45) is 5.90. The first-order chi connectivity index (χ1) is 17.7. The summed E-state index contributed by atoms with van der Waals surface area (Å²) in [4.78, 5) is 24.8. The number of piperazine rings is 1. The number of aromatic nitrogens is 4. The molecule has 0 saturated carbocycles. The number of benzene rings is 1. The summed E-state index contributed by atoms with van der Waals surface area (Å²) < 4.78 is 7.47. The molecule has 9 nitrogen and oxygen atoms in total. The molecule has 6 heterocycles. The van der Waals surface area contributed by atoms with Crippen molar-refractivity contribution in [3.63, 3.8) is 0 Å². The molecular weight excluding hydrogens is 454 g/mol. The van der Waals surface area contributed by atoms with E-state index in [1.54, 1.807) is 13.3 Å². The van der Waals surface area contributed by atoms with E-state index in [0.717, 1.165) is 81.5 Å². The van der Waals surface area contributed by atoms with E-state index in [-0.39, 0.29) is 5.92 Å². The molecule has 2 unspecified atom stereocenters. The van der Waals surface area contributed by atoms with Gasteiger partial charge in [-0.1, -0.05) is 23.4 Å². The second kappa shape index (κ2) is 9.89. The molecule has 4 fully saturated rings. The van der Waals surface area contributed by atoms with E-state index >= 15 is 0 Å². The topological polar surface area (TPSA) is 79.6 Å². The van der Waals surface area contributed by atoms with Gasteiger partial charge < -0.3 is 14.5 Å². The van der Waals surface area contributed by atoms with Crippen LogP contribution < -0.4 is 9.64 Å². The third kappa shape index (κ3) is 4.43. The molecule has 2 aromatic heterocycles. The third-order valence-corrected chi connectivity index (χ3v) is 8.08. The van der Waals surface area contributed by atoms with Gasteiger partial charge in [-0.2, -0.15) is 0 Å². The molecule has 4 atom stereocenters. The predicted molar refractivity (Wildman–Crippen MR) is 137 cm³/mol. The molecule has 1 amide bonds. The number of hydrogen-bond acceptors (Lipinski definition) is 7.